The molecule has 0 radical (unpaired) electrons. The highest BCUT2D eigenvalue weighted by molar-refractivity contribution is 5.29. The number of hydrogen-bond donors (Lipinski definition) is 2. The van der Waals surface area contributed by atoms with Crippen LogP contribution in [0.25, 0.3) is 0 Å². The number of aromatic amines is 1. The molecule has 6 heteroatoms. The second kappa shape index (κ2) is 5.27. The van der Waals surface area contributed by atoms with E-state index in [4.69, 9.17) is 10.5 Å². The zero-order valence-corrected chi connectivity index (χ0v) is 9.65. The highest BCUT2D eigenvalue weighted by Crippen LogP contribution is 2.19. The Morgan fingerprint density at radius 1 is 1.62 bits per heavy atom. The summed E-state index contributed by atoms with van der Waals surface area (Å²) in [6.07, 6.45) is 2.37. The lowest BCUT2D eigenvalue weighted by atomic mass is 9.99. The van der Waals surface area contributed by atoms with Gasteiger partial charge in [0, 0.05) is 20.2 Å². The van der Waals surface area contributed by atoms with Crippen LogP contribution in [0.3, 0.4) is 0 Å². The molecule has 1 aromatic heterocycles. The van der Waals surface area contributed by atoms with E-state index in [9.17, 15) is 0 Å². The molecule has 0 bridgehead atoms. The van der Waals surface area contributed by atoms with Gasteiger partial charge in [-0.1, -0.05) is 0 Å². The maximum atomic E-state index is 5.70. The number of H-pyrrole nitrogens is 1. The van der Waals surface area contributed by atoms with Gasteiger partial charge in [-0.15, -0.1) is 5.10 Å². The second-order valence-corrected chi connectivity index (χ2v) is 4.21. The van der Waals surface area contributed by atoms with Crippen molar-refractivity contribution in [3.8, 4) is 0 Å². The number of aromatic nitrogens is 3. The predicted molar refractivity (Wildman–Crippen MR) is 61.1 cm³/mol. The van der Waals surface area contributed by atoms with Crippen LogP contribution in [0.15, 0.2) is 0 Å². The summed E-state index contributed by atoms with van der Waals surface area (Å²) in [6.45, 7) is 3.19. The van der Waals surface area contributed by atoms with Gasteiger partial charge in [0.25, 0.3) is 0 Å². The number of rotatable bonds is 4. The molecule has 0 amide bonds. The summed E-state index contributed by atoms with van der Waals surface area (Å²) >= 11 is 0. The van der Waals surface area contributed by atoms with Crippen molar-refractivity contribution in [2.75, 3.05) is 31.6 Å². The van der Waals surface area contributed by atoms with Gasteiger partial charge in [0.1, 0.15) is 6.61 Å². The molecule has 1 fully saturated rings. The number of ether oxygens (including phenoxy) is 1. The SMILES string of the molecule is COCc1nc(N2CCCC(CN)C2)n[nH]1. The Kier molecular flexibility index (Phi) is 3.74. The first kappa shape index (κ1) is 11.3. The van der Waals surface area contributed by atoms with Crippen LogP contribution in [0.4, 0.5) is 5.95 Å². The van der Waals surface area contributed by atoms with Crippen molar-refractivity contribution in [1.82, 2.24) is 15.2 Å². The van der Waals surface area contributed by atoms with Gasteiger partial charge in [0.2, 0.25) is 5.95 Å². The number of nitrogens with one attached hydrogen (secondary N) is 1. The lowest BCUT2D eigenvalue weighted by Gasteiger charge is -2.31. The Bertz CT molecular complexity index is 327. The van der Waals surface area contributed by atoms with Crippen molar-refractivity contribution in [3.63, 3.8) is 0 Å². The first-order valence-electron chi connectivity index (χ1n) is 5.68. The zero-order chi connectivity index (χ0) is 11.4. The molecule has 6 nitrogen and oxygen atoms in total. The quantitative estimate of drug-likeness (QED) is 0.761. The molecule has 16 heavy (non-hydrogen) atoms. The van der Waals surface area contributed by atoms with Crippen molar-refractivity contribution < 1.29 is 4.74 Å². The molecule has 0 aliphatic carbocycles. The molecule has 90 valence electrons. The molecule has 0 aromatic carbocycles. The highest BCUT2D eigenvalue weighted by atomic mass is 16.5. The summed E-state index contributed by atoms with van der Waals surface area (Å²) in [7, 11) is 1.65. The molecule has 1 saturated heterocycles. The summed E-state index contributed by atoms with van der Waals surface area (Å²) in [4.78, 5) is 6.58. The Balaban J connectivity index is 1.99. The first-order valence-corrected chi connectivity index (χ1v) is 5.68. The number of nitrogens with zero attached hydrogens (tertiary/aromatic N) is 3. The third-order valence-electron chi connectivity index (χ3n) is 2.94. The molecule has 0 spiro atoms. The van der Waals surface area contributed by atoms with E-state index in [1.807, 2.05) is 0 Å². The van der Waals surface area contributed by atoms with Gasteiger partial charge < -0.3 is 15.4 Å². The minimum Gasteiger partial charge on any atom is -0.377 e. The van der Waals surface area contributed by atoms with E-state index in [0.29, 0.717) is 12.5 Å². The number of methoxy groups -OCH3 is 1. The second-order valence-electron chi connectivity index (χ2n) is 4.21. The number of hydrogen-bond acceptors (Lipinski definition) is 5. The molecule has 2 heterocycles. The van der Waals surface area contributed by atoms with E-state index in [-0.39, 0.29) is 0 Å². The van der Waals surface area contributed by atoms with Gasteiger partial charge >= 0.3 is 0 Å². The van der Waals surface area contributed by atoms with Crippen molar-refractivity contribution in [2.45, 2.75) is 19.4 Å². The molecule has 1 aromatic rings. The third kappa shape index (κ3) is 2.51. The summed E-state index contributed by atoms with van der Waals surface area (Å²) in [6, 6.07) is 0. The maximum Gasteiger partial charge on any atom is 0.244 e. The van der Waals surface area contributed by atoms with Crippen LogP contribution >= 0.6 is 0 Å². The topological polar surface area (TPSA) is 80.1 Å². The molecule has 3 N–H and O–H groups in total. The zero-order valence-electron chi connectivity index (χ0n) is 9.65. The molecule has 2 rings (SSSR count). The van der Waals surface area contributed by atoms with E-state index in [0.717, 1.165) is 37.8 Å². The Morgan fingerprint density at radius 2 is 2.50 bits per heavy atom. The molecule has 0 saturated carbocycles. The van der Waals surface area contributed by atoms with Crippen LogP contribution in [0.1, 0.15) is 18.7 Å². The molecular formula is C10H19N5O. The average molecular weight is 225 g/mol. The van der Waals surface area contributed by atoms with Crippen LogP contribution in [-0.2, 0) is 11.3 Å². The molecular weight excluding hydrogens is 206 g/mol. The van der Waals surface area contributed by atoms with E-state index in [1.54, 1.807) is 7.11 Å². The number of anilines is 1. The molecule has 1 atom stereocenters. The standard InChI is InChI=1S/C10H19N5O/c1-16-7-9-12-10(14-13-9)15-4-2-3-8(5-11)6-15/h8H,2-7,11H2,1H3,(H,12,13,14). The fourth-order valence-electron chi connectivity index (χ4n) is 2.07. The van der Waals surface area contributed by atoms with E-state index < -0.39 is 0 Å². The summed E-state index contributed by atoms with van der Waals surface area (Å²) in [5.74, 6) is 2.11. The van der Waals surface area contributed by atoms with E-state index in [2.05, 4.69) is 20.1 Å². The van der Waals surface area contributed by atoms with Gasteiger partial charge in [0.15, 0.2) is 5.82 Å². The van der Waals surface area contributed by atoms with Gasteiger partial charge in [-0.3, -0.25) is 5.10 Å². The van der Waals surface area contributed by atoms with Gasteiger partial charge in [0.05, 0.1) is 0 Å². The molecule has 1 aliphatic heterocycles. The van der Waals surface area contributed by atoms with E-state index in [1.165, 1.54) is 6.42 Å². The Labute approximate surface area is 95.2 Å². The Morgan fingerprint density at radius 3 is 3.25 bits per heavy atom. The van der Waals surface area contributed by atoms with Crippen LogP contribution in [0.2, 0.25) is 0 Å². The van der Waals surface area contributed by atoms with Crippen molar-refractivity contribution in [3.05, 3.63) is 5.82 Å². The summed E-state index contributed by atoms with van der Waals surface area (Å²) in [5.41, 5.74) is 5.70. The van der Waals surface area contributed by atoms with Crippen LogP contribution < -0.4 is 10.6 Å². The largest absolute Gasteiger partial charge is 0.377 e. The van der Waals surface area contributed by atoms with Crippen molar-refractivity contribution in [2.24, 2.45) is 11.7 Å². The number of piperidine rings is 1. The van der Waals surface area contributed by atoms with Crippen LogP contribution in [0, 0.1) is 5.92 Å². The highest BCUT2D eigenvalue weighted by Gasteiger charge is 2.21. The third-order valence-corrected chi connectivity index (χ3v) is 2.94. The number of nitrogens with two attached hydrogens (primary N) is 1. The van der Waals surface area contributed by atoms with Gasteiger partial charge in [-0.25, -0.2) is 0 Å². The molecule has 1 aliphatic rings. The first-order chi connectivity index (χ1) is 7.83. The fraction of sp³-hybridized carbons (Fsp3) is 0.800. The van der Waals surface area contributed by atoms with Crippen molar-refractivity contribution in [1.29, 1.82) is 0 Å². The van der Waals surface area contributed by atoms with Gasteiger partial charge in [-0.2, -0.15) is 4.98 Å². The van der Waals surface area contributed by atoms with Crippen molar-refractivity contribution >= 4 is 5.95 Å². The lowest BCUT2D eigenvalue weighted by molar-refractivity contribution is 0.178. The predicted octanol–water partition coefficient (Wildman–Crippen LogP) is 0.126. The fourth-order valence-corrected chi connectivity index (χ4v) is 2.07. The Hall–Kier alpha value is -1.14. The molecule has 1 unspecified atom stereocenters. The minimum absolute atomic E-state index is 0.473. The summed E-state index contributed by atoms with van der Waals surface area (Å²) < 4.78 is 5.00. The van der Waals surface area contributed by atoms with Crippen LogP contribution in [0.5, 0.6) is 0 Å². The smallest absolute Gasteiger partial charge is 0.244 e. The monoisotopic (exact) mass is 225 g/mol. The maximum absolute atomic E-state index is 5.70. The van der Waals surface area contributed by atoms with Gasteiger partial charge in [-0.05, 0) is 25.3 Å². The summed E-state index contributed by atoms with van der Waals surface area (Å²) in [5, 5.41) is 7.07. The normalized spacial score (nSPS) is 21.4. The van der Waals surface area contributed by atoms with E-state index >= 15 is 0 Å². The lowest BCUT2D eigenvalue weighted by Crippen LogP contribution is -2.39. The average Bonchev–Trinajstić information content (AvgIpc) is 2.78. The minimum atomic E-state index is 0.473. The van der Waals surface area contributed by atoms with Crippen LogP contribution in [-0.4, -0.2) is 41.9 Å².